The fourth-order valence-electron chi connectivity index (χ4n) is 2.50. The largest absolute Gasteiger partial charge is 0.369 e. The Labute approximate surface area is 112 Å². The highest BCUT2D eigenvalue weighted by molar-refractivity contribution is 5.88. The van der Waals surface area contributed by atoms with Gasteiger partial charge in [0.2, 0.25) is 5.91 Å². The summed E-state index contributed by atoms with van der Waals surface area (Å²) in [6.07, 6.45) is 1.20. The third-order valence-corrected chi connectivity index (χ3v) is 3.88. The highest BCUT2D eigenvalue weighted by atomic mass is 19.1. The number of halogens is 1. The van der Waals surface area contributed by atoms with Crippen LogP contribution in [0.5, 0.6) is 0 Å². The van der Waals surface area contributed by atoms with E-state index in [0.717, 1.165) is 19.6 Å². The molecule has 3 N–H and O–H groups in total. The average Bonchev–Trinajstić information content (AvgIpc) is 2.42. The zero-order valence-corrected chi connectivity index (χ0v) is 11.2. The lowest BCUT2D eigenvalue weighted by Crippen LogP contribution is -2.57. The first-order valence-electron chi connectivity index (χ1n) is 6.62. The summed E-state index contributed by atoms with van der Waals surface area (Å²) in [7, 11) is 0. The first-order chi connectivity index (χ1) is 9.07. The number of nitrogens with two attached hydrogens (primary N) is 1. The van der Waals surface area contributed by atoms with Gasteiger partial charge in [-0.05, 0) is 31.5 Å². The van der Waals surface area contributed by atoms with Crippen molar-refractivity contribution in [3.8, 4) is 0 Å². The van der Waals surface area contributed by atoms with Crippen molar-refractivity contribution in [1.82, 2.24) is 4.90 Å². The van der Waals surface area contributed by atoms with Crippen molar-refractivity contribution in [1.29, 1.82) is 0 Å². The lowest BCUT2D eigenvalue weighted by molar-refractivity contribution is -0.123. The molecule has 1 fully saturated rings. The molecule has 1 amide bonds. The zero-order chi connectivity index (χ0) is 13.9. The van der Waals surface area contributed by atoms with Gasteiger partial charge < -0.3 is 16.0 Å². The second kappa shape index (κ2) is 5.57. The van der Waals surface area contributed by atoms with E-state index >= 15 is 0 Å². The van der Waals surface area contributed by atoms with Crippen molar-refractivity contribution in [3.63, 3.8) is 0 Å². The maximum atomic E-state index is 13.7. The SMILES string of the molecule is CCN1CCC(Nc2ccccc2F)(C(N)=O)CC1. The Morgan fingerprint density at radius 1 is 1.42 bits per heavy atom. The van der Waals surface area contributed by atoms with E-state index < -0.39 is 11.4 Å². The molecule has 0 atom stereocenters. The van der Waals surface area contributed by atoms with Crippen LogP contribution in [0, 0.1) is 5.82 Å². The highest BCUT2D eigenvalue weighted by Gasteiger charge is 2.40. The number of piperidine rings is 1. The van der Waals surface area contributed by atoms with Crippen LogP contribution in [0.15, 0.2) is 24.3 Å². The van der Waals surface area contributed by atoms with Gasteiger partial charge in [-0.3, -0.25) is 4.79 Å². The van der Waals surface area contributed by atoms with E-state index in [0.29, 0.717) is 18.5 Å². The predicted octanol–water partition coefficient (Wildman–Crippen LogP) is 1.58. The number of carbonyl (C=O) groups excluding carboxylic acids is 1. The molecule has 5 heteroatoms. The summed E-state index contributed by atoms with van der Waals surface area (Å²) in [6, 6.07) is 6.36. The highest BCUT2D eigenvalue weighted by Crippen LogP contribution is 2.28. The van der Waals surface area contributed by atoms with Gasteiger partial charge >= 0.3 is 0 Å². The zero-order valence-electron chi connectivity index (χ0n) is 11.2. The number of primary amides is 1. The van der Waals surface area contributed by atoms with Crippen molar-refractivity contribution in [2.24, 2.45) is 5.73 Å². The summed E-state index contributed by atoms with van der Waals surface area (Å²) in [6.45, 7) is 4.62. The minimum Gasteiger partial charge on any atom is -0.369 e. The van der Waals surface area contributed by atoms with Gasteiger partial charge in [-0.1, -0.05) is 19.1 Å². The summed E-state index contributed by atoms with van der Waals surface area (Å²) >= 11 is 0. The number of amides is 1. The number of hydrogen-bond donors (Lipinski definition) is 2. The van der Waals surface area contributed by atoms with E-state index in [2.05, 4.69) is 17.1 Å². The van der Waals surface area contributed by atoms with E-state index in [-0.39, 0.29) is 5.82 Å². The molecule has 1 heterocycles. The average molecular weight is 265 g/mol. The number of carbonyl (C=O) groups is 1. The van der Waals surface area contributed by atoms with Crippen LogP contribution in [0.4, 0.5) is 10.1 Å². The lowest BCUT2D eigenvalue weighted by Gasteiger charge is -2.40. The van der Waals surface area contributed by atoms with Crippen LogP contribution in [0.3, 0.4) is 0 Å². The topological polar surface area (TPSA) is 58.4 Å². The first-order valence-corrected chi connectivity index (χ1v) is 6.62. The Morgan fingerprint density at radius 2 is 2.05 bits per heavy atom. The van der Waals surface area contributed by atoms with E-state index in [1.165, 1.54) is 6.07 Å². The van der Waals surface area contributed by atoms with Crippen LogP contribution < -0.4 is 11.1 Å². The second-order valence-electron chi connectivity index (χ2n) is 4.99. The van der Waals surface area contributed by atoms with Gasteiger partial charge in [-0.2, -0.15) is 0 Å². The maximum Gasteiger partial charge on any atom is 0.243 e. The maximum absolute atomic E-state index is 13.7. The molecule has 0 aliphatic carbocycles. The Balaban J connectivity index is 2.18. The van der Waals surface area contributed by atoms with Crippen LogP contribution >= 0.6 is 0 Å². The van der Waals surface area contributed by atoms with Gasteiger partial charge in [-0.15, -0.1) is 0 Å². The van der Waals surface area contributed by atoms with Gasteiger partial charge in [0, 0.05) is 13.1 Å². The Kier molecular flexibility index (Phi) is 4.04. The predicted molar refractivity (Wildman–Crippen MR) is 73.3 cm³/mol. The summed E-state index contributed by atoms with van der Waals surface area (Å²) in [5.74, 6) is -0.771. The Bertz CT molecular complexity index is 456. The molecular weight excluding hydrogens is 245 g/mol. The van der Waals surface area contributed by atoms with Crippen LogP contribution in [-0.4, -0.2) is 36.0 Å². The molecule has 0 saturated carbocycles. The number of para-hydroxylation sites is 1. The van der Waals surface area contributed by atoms with E-state index in [9.17, 15) is 9.18 Å². The van der Waals surface area contributed by atoms with Crippen molar-refractivity contribution < 1.29 is 9.18 Å². The Morgan fingerprint density at radius 3 is 2.58 bits per heavy atom. The van der Waals surface area contributed by atoms with Crippen LogP contribution in [0.1, 0.15) is 19.8 Å². The van der Waals surface area contributed by atoms with Gasteiger partial charge in [0.15, 0.2) is 0 Å². The fourth-order valence-corrected chi connectivity index (χ4v) is 2.50. The van der Waals surface area contributed by atoms with E-state index in [1.54, 1.807) is 18.2 Å². The smallest absolute Gasteiger partial charge is 0.243 e. The number of likely N-dealkylation sites (tertiary alicyclic amines) is 1. The molecule has 4 nitrogen and oxygen atoms in total. The normalized spacial score (nSPS) is 19.1. The Hall–Kier alpha value is -1.62. The van der Waals surface area contributed by atoms with Gasteiger partial charge in [-0.25, -0.2) is 4.39 Å². The standard InChI is InChI=1S/C14H20FN3O/c1-2-18-9-7-14(8-10-18,13(16)19)17-12-6-4-3-5-11(12)15/h3-6,17H,2,7-10H2,1H3,(H2,16,19). The minimum absolute atomic E-state index is 0.339. The third-order valence-electron chi connectivity index (χ3n) is 3.88. The van der Waals surface area contributed by atoms with Crippen molar-refractivity contribution in [3.05, 3.63) is 30.1 Å². The van der Waals surface area contributed by atoms with E-state index in [4.69, 9.17) is 5.73 Å². The number of anilines is 1. The number of hydrogen-bond acceptors (Lipinski definition) is 3. The number of nitrogens with zero attached hydrogens (tertiary/aromatic N) is 1. The van der Waals surface area contributed by atoms with Crippen LogP contribution in [0.2, 0.25) is 0 Å². The first kappa shape index (κ1) is 13.8. The number of benzene rings is 1. The summed E-state index contributed by atoms with van der Waals surface area (Å²) in [4.78, 5) is 14.1. The molecule has 0 unspecified atom stereocenters. The van der Waals surface area contributed by atoms with Crippen molar-refractivity contribution >= 4 is 11.6 Å². The molecule has 1 aliphatic rings. The van der Waals surface area contributed by atoms with Gasteiger partial charge in [0.05, 0.1) is 5.69 Å². The quantitative estimate of drug-likeness (QED) is 0.869. The molecular formula is C14H20FN3O. The number of nitrogens with one attached hydrogen (secondary N) is 1. The van der Waals surface area contributed by atoms with Crippen molar-refractivity contribution in [2.75, 3.05) is 25.0 Å². The molecule has 0 aromatic heterocycles. The lowest BCUT2D eigenvalue weighted by atomic mass is 9.86. The minimum atomic E-state index is -0.839. The molecule has 0 bridgehead atoms. The van der Waals surface area contributed by atoms with Gasteiger partial charge in [0.1, 0.15) is 11.4 Å². The summed E-state index contributed by atoms with van der Waals surface area (Å²) in [5, 5.41) is 3.03. The molecule has 2 rings (SSSR count). The molecule has 104 valence electrons. The second-order valence-corrected chi connectivity index (χ2v) is 4.99. The molecule has 1 aromatic rings. The molecule has 1 saturated heterocycles. The van der Waals surface area contributed by atoms with Crippen LogP contribution in [0.25, 0.3) is 0 Å². The molecule has 1 aromatic carbocycles. The van der Waals surface area contributed by atoms with E-state index in [1.807, 2.05) is 0 Å². The summed E-state index contributed by atoms with van der Waals surface area (Å²) < 4.78 is 13.7. The monoisotopic (exact) mass is 265 g/mol. The van der Waals surface area contributed by atoms with Crippen molar-refractivity contribution in [2.45, 2.75) is 25.3 Å². The van der Waals surface area contributed by atoms with Crippen LogP contribution in [-0.2, 0) is 4.79 Å². The van der Waals surface area contributed by atoms with Gasteiger partial charge in [0.25, 0.3) is 0 Å². The number of rotatable bonds is 4. The fraction of sp³-hybridized carbons (Fsp3) is 0.500. The molecule has 1 aliphatic heterocycles. The summed E-state index contributed by atoms with van der Waals surface area (Å²) in [5.41, 5.74) is 5.04. The molecule has 0 radical (unpaired) electrons. The third kappa shape index (κ3) is 2.87. The molecule has 0 spiro atoms. The molecule has 19 heavy (non-hydrogen) atoms.